The zero-order valence-corrected chi connectivity index (χ0v) is 18.2. The van der Waals surface area contributed by atoms with Crippen LogP contribution < -0.4 is 9.75 Å². The third-order valence-corrected chi connectivity index (χ3v) is 5.92. The van der Waals surface area contributed by atoms with E-state index in [0.29, 0.717) is 18.1 Å². The molecule has 0 spiro atoms. The summed E-state index contributed by atoms with van der Waals surface area (Å²) < 4.78 is 5.45. The SMILES string of the molecule is COc1ccc(Cl)cc1CN1CCN(C(=O)c2ccc(N3CCC(C)=N3)cc2)CC1. The Hall–Kier alpha value is -2.57. The van der Waals surface area contributed by atoms with Crippen molar-refractivity contribution in [2.75, 3.05) is 44.8 Å². The van der Waals surface area contributed by atoms with Crippen LogP contribution in [0.15, 0.2) is 47.6 Å². The molecule has 4 rings (SSSR count). The maximum absolute atomic E-state index is 12.9. The second kappa shape index (κ2) is 9.06. The molecule has 7 heteroatoms. The van der Waals surface area contributed by atoms with E-state index < -0.39 is 0 Å². The molecule has 1 fully saturated rings. The molecular formula is C23H27ClN4O2. The minimum absolute atomic E-state index is 0.0858. The minimum Gasteiger partial charge on any atom is -0.496 e. The van der Waals surface area contributed by atoms with Crippen LogP contribution in [0.2, 0.25) is 5.02 Å². The highest BCUT2D eigenvalue weighted by atomic mass is 35.5. The largest absolute Gasteiger partial charge is 0.496 e. The third kappa shape index (κ3) is 4.60. The maximum Gasteiger partial charge on any atom is 0.253 e. The fourth-order valence-corrected chi connectivity index (χ4v) is 4.13. The van der Waals surface area contributed by atoms with Crippen molar-refractivity contribution in [3.05, 3.63) is 58.6 Å². The topological polar surface area (TPSA) is 48.4 Å². The molecule has 0 atom stereocenters. The summed E-state index contributed by atoms with van der Waals surface area (Å²) in [5, 5.41) is 7.21. The summed E-state index contributed by atoms with van der Waals surface area (Å²) in [6.07, 6.45) is 0.992. The molecule has 6 nitrogen and oxygen atoms in total. The van der Waals surface area contributed by atoms with Crippen molar-refractivity contribution in [3.63, 3.8) is 0 Å². The number of rotatable bonds is 5. The molecule has 2 aromatic rings. The first-order chi connectivity index (χ1) is 14.5. The predicted octanol–water partition coefficient (Wildman–Crippen LogP) is 3.89. The quantitative estimate of drug-likeness (QED) is 0.727. The number of amides is 1. The number of methoxy groups -OCH3 is 1. The summed E-state index contributed by atoms with van der Waals surface area (Å²) in [4.78, 5) is 17.2. The molecule has 2 aliphatic heterocycles. The van der Waals surface area contributed by atoms with E-state index in [-0.39, 0.29) is 5.91 Å². The van der Waals surface area contributed by atoms with Gasteiger partial charge in [0.25, 0.3) is 5.91 Å². The van der Waals surface area contributed by atoms with E-state index in [1.54, 1.807) is 7.11 Å². The number of hydrogen-bond acceptors (Lipinski definition) is 5. The van der Waals surface area contributed by atoms with Gasteiger partial charge in [-0.15, -0.1) is 0 Å². The molecule has 30 heavy (non-hydrogen) atoms. The van der Waals surface area contributed by atoms with Gasteiger partial charge in [-0.25, -0.2) is 0 Å². The molecule has 0 bridgehead atoms. The summed E-state index contributed by atoms with van der Waals surface area (Å²) in [6.45, 7) is 6.76. The van der Waals surface area contributed by atoms with Crippen LogP contribution in [-0.2, 0) is 6.54 Å². The van der Waals surface area contributed by atoms with Gasteiger partial charge in [-0.1, -0.05) is 11.6 Å². The van der Waals surface area contributed by atoms with E-state index >= 15 is 0 Å². The molecule has 0 saturated carbocycles. The lowest BCUT2D eigenvalue weighted by Crippen LogP contribution is -2.48. The second-order valence-electron chi connectivity index (χ2n) is 7.78. The molecule has 2 heterocycles. The highest BCUT2D eigenvalue weighted by Gasteiger charge is 2.23. The second-order valence-corrected chi connectivity index (χ2v) is 8.22. The summed E-state index contributed by atoms with van der Waals surface area (Å²) in [7, 11) is 1.67. The van der Waals surface area contributed by atoms with Crippen molar-refractivity contribution < 1.29 is 9.53 Å². The van der Waals surface area contributed by atoms with Crippen LogP contribution in [0.4, 0.5) is 5.69 Å². The monoisotopic (exact) mass is 426 g/mol. The predicted molar refractivity (Wildman–Crippen MR) is 121 cm³/mol. The molecule has 0 aliphatic carbocycles. The number of ether oxygens (including phenoxy) is 1. The molecule has 0 radical (unpaired) electrons. The van der Waals surface area contributed by atoms with Crippen molar-refractivity contribution in [2.24, 2.45) is 5.10 Å². The van der Waals surface area contributed by atoms with Gasteiger partial charge in [0.2, 0.25) is 0 Å². The number of hydrazone groups is 1. The Balaban J connectivity index is 1.34. The van der Waals surface area contributed by atoms with Gasteiger partial charge in [0, 0.05) is 67.6 Å². The van der Waals surface area contributed by atoms with E-state index in [4.69, 9.17) is 16.3 Å². The number of nitrogens with zero attached hydrogens (tertiary/aromatic N) is 4. The average molecular weight is 427 g/mol. The number of carbonyl (C=O) groups is 1. The standard InChI is InChI=1S/C23H27ClN4O2/c1-17-9-10-28(25-17)21-6-3-18(4-7-21)23(29)27-13-11-26(12-14-27)16-19-15-20(24)5-8-22(19)30-2/h3-8,15H,9-14,16H2,1-2H3. The van der Waals surface area contributed by atoms with Gasteiger partial charge in [0.05, 0.1) is 12.8 Å². The van der Waals surface area contributed by atoms with Crippen LogP contribution in [0.1, 0.15) is 29.3 Å². The normalized spacial score (nSPS) is 17.2. The van der Waals surface area contributed by atoms with Crippen molar-refractivity contribution in [3.8, 4) is 5.75 Å². The Morgan fingerprint density at radius 1 is 1.07 bits per heavy atom. The van der Waals surface area contributed by atoms with E-state index in [9.17, 15) is 4.79 Å². The van der Waals surface area contributed by atoms with Crippen LogP contribution in [0.5, 0.6) is 5.75 Å². The Labute approximate surface area is 182 Å². The minimum atomic E-state index is 0.0858. The van der Waals surface area contributed by atoms with Gasteiger partial charge in [-0.05, 0) is 49.4 Å². The Morgan fingerprint density at radius 2 is 1.80 bits per heavy atom. The Bertz CT molecular complexity index is 937. The molecule has 2 aromatic carbocycles. The average Bonchev–Trinajstić information content (AvgIpc) is 3.20. The molecule has 1 saturated heterocycles. The third-order valence-electron chi connectivity index (χ3n) is 5.69. The number of anilines is 1. The number of halogens is 1. The van der Waals surface area contributed by atoms with Gasteiger partial charge in [-0.3, -0.25) is 14.7 Å². The van der Waals surface area contributed by atoms with Gasteiger partial charge in [-0.2, -0.15) is 5.10 Å². The van der Waals surface area contributed by atoms with E-state index in [2.05, 4.69) is 10.0 Å². The first kappa shape index (κ1) is 20.7. The first-order valence-electron chi connectivity index (χ1n) is 10.3. The lowest BCUT2D eigenvalue weighted by molar-refractivity contribution is 0.0627. The smallest absolute Gasteiger partial charge is 0.253 e. The van der Waals surface area contributed by atoms with Gasteiger partial charge >= 0.3 is 0 Å². The van der Waals surface area contributed by atoms with Crippen LogP contribution in [0.3, 0.4) is 0 Å². The molecule has 0 aromatic heterocycles. The van der Waals surface area contributed by atoms with Crippen LogP contribution in [-0.4, -0.2) is 61.3 Å². The number of benzene rings is 2. The number of hydrogen-bond donors (Lipinski definition) is 0. The zero-order chi connectivity index (χ0) is 21.1. The van der Waals surface area contributed by atoms with Crippen molar-refractivity contribution in [2.45, 2.75) is 19.9 Å². The van der Waals surface area contributed by atoms with Crippen LogP contribution in [0, 0.1) is 0 Å². The highest BCUT2D eigenvalue weighted by Crippen LogP contribution is 2.25. The van der Waals surface area contributed by atoms with Crippen molar-refractivity contribution in [1.29, 1.82) is 0 Å². The van der Waals surface area contributed by atoms with E-state index in [0.717, 1.165) is 60.9 Å². The maximum atomic E-state index is 12.9. The first-order valence-corrected chi connectivity index (χ1v) is 10.7. The number of carbonyl (C=O) groups excluding carboxylic acids is 1. The Kier molecular flexibility index (Phi) is 6.25. The number of piperazine rings is 1. The van der Waals surface area contributed by atoms with Crippen molar-refractivity contribution >= 4 is 28.9 Å². The summed E-state index contributed by atoms with van der Waals surface area (Å²) in [5.74, 6) is 0.929. The van der Waals surface area contributed by atoms with Crippen molar-refractivity contribution in [1.82, 2.24) is 9.80 Å². The zero-order valence-electron chi connectivity index (χ0n) is 17.5. The molecule has 2 aliphatic rings. The van der Waals surface area contributed by atoms with Crippen LogP contribution >= 0.6 is 11.6 Å². The lowest BCUT2D eigenvalue weighted by Gasteiger charge is -2.35. The molecule has 158 valence electrons. The fourth-order valence-electron chi connectivity index (χ4n) is 3.94. The van der Waals surface area contributed by atoms with Gasteiger partial charge in [0.15, 0.2) is 0 Å². The summed E-state index contributed by atoms with van der Waals surface area (Å²) >= 11 is 6.15. The molecule has 1 amide bonds. The summed E-state index contributed by atoms with van der Waals surface area (Å²) in [5.41, 5.74) is 3.97. The summed E-state index contributed by atoms with van der Waals surface area (Å²) in [6, 6.07) is 13.5. The van der Waals surface area contributed by atoms with E-state index in [1.807, 2.05) is 59.3 Å². The van der Waals surface area contributed by atoms with Gasteiger partial charge in [0.1, 0.15) is 5.75 Å². The van der Waals surface area contributed by atoms with Crippen LogP contribution in [0.25, 0.3) is 0 Å². The molecule has 0 N–H and O–H groups in total. The highest BCUT2D eigenvalue weighted by molar-refractivity contribution is 6.30. The van der Waals surface area contributed by atoms with E-state index in [1.165, 1.54) is 0 Å². The van der Waals surface area contributed by atoms with Gasteiger partial charge < -0.3 is 9.64 Å². The fraction of sp³-hybridized carbons (Fsp3) is 0.391. The Morgan fingerprint density at radius 3 is 2.43 bits per heavy atom. The lowest BCUT2D eigenvalue weighted by atomic mass is 10.1. The molecular weight excluding hydrogens is 400 g/mol. The molecule has 0 unspecified atom stereocenters.